The Kier molecular flexibility index (Phi) is 4.46. The first-order valence-electron chi connectivity index (χ1n) is 9.22. The average molecular weight is 335 g/mol. The van der Waals surface area contributed by atoms with E-state index in [1.54, 1.807) is 0 Å². The topological polar surface area (TPSA) is 71.4 Å². The van der Waals surface area contributed by atoms with Crippen LogP contribution in [0.3, 0.4) is 0 Å². The zero-order chi connectivity index (χ0) is 16.7. The van der Waals surface area contributed by atoms with Crippen molar-refractivity contribution in [2.45, 2.75) is 56.6 Å². The molecule has 2 N–H and O–H groups in total. The molecule has 3 aliphatic heterocycles. The molecule has 4 rings (SSSR count). The lowest BCUT2D eigenvalue weighted by atomic mass is 9.80. The molecule has 6 atom stereocenters. The van der Waals surface area contributed by atoms with Crippen LogP contribution in [0.2, 0.25) is 0 Å². The monoisotopic (exact) mass is 335 g/mol. The summed E-state index contributed by atoms with van der Waals surface area (Å²) in [5.41, 5.74) is 0. The van der Waals surface area contributed by atoms with Gasteiger partial charge >= 0.3 is 0 Å². The second-order valence-electron chi connectivity index (χ2n) is 7.71. The highest BCUT2D eigenvalue weighted by atomic mass is 19.1. The molecule has 0 bridgehead atoms. The van der Waals surface area contributed by atoms with E-state index in [2.05, 4.69) is 26.5 Å². The van der Waals surface area contributed by atoms with Crippen molar-refractivity contribution >= 4 is 5.91 Å². The van der Waals surface area contributed by atoms with Crippen molar-refractivity contribution in [3.63, 3.8) is 0 Å². The predicted molar refractivity (Wildman–Crippen MR) is 86.4 cm³/mol. The highest BCUT2D eigenvalue weighted by Crippen LogP contribution is 2.38. The molecule has 1 saturated carbocycles. The van der Waals surface area contributed by atoms with Crippen molar-refractivity contribution in [3.05, 3.63) is 0 Å². The number of carbonyl (C=O) groups is 1. The quantitative estimate of drug-likeness (QED) is 0.765. The van der Waals surface area contributed by atoms with E-state index in [0.717, 1.165) is 32.5 Å². The molecule has 4 aliphatic rings. The molecule has 7 heteroatoms. The number of likely N-dealkylation sites (tertiary alicyclic amines) is 1. The van der Waals surface area contributed by atoms with Gasteiger partial charge in [-0.2, -0.15) is 5.26 Å². The SMILES string of the molecule is N#CCC1CCCN(C2NC3CC(F)CC4C(=O)NCCN2C34)C1. The first-order chi connectivity index (χ1) is 11.7. The van der Waals surface area contributed by atoms with Crippen LogP contribution in [0.5, 0.6) is 0 Å². The Hall–Kier alpha value is -1.23. The Morgan fingerprint density at radius 2 is 2.21 bits per heavy atom. The third-order valence-corrected chi connectivity index (χ3v) is 6.19. The van der Waals surface area contributed by atoms with Crippen molar-refractivity contribution in [3.8, 4) is 6.07 Å². The molecule has 1 aliphatic carbocycles. The molecule has 0 aromatic carbocycles. The van der Waals surface area contributed by atoms with Crippen molar-refractivity contribution in [1.82, 2.24) is 20.4 Å². The molecule has 4 fully saturated rings. The number of carbonyl (C=O) groups excluding carboxylic acids is 1. The van der Waals surface area contributed by atoms with Crippen molar-refractivity contribution in [1.29, 1.82) is 5.26 Å². The Morgan fingerprint density at radius 1 is 1.33 bits per heavy atom. The van der Waals surface area contributed by atoms with E-state index >= 15 is 0 Å². The van der Waals surface area contributed by atoms with Crippen LogP contribution in [-0.4, -0.2) is 66.4 Å². The van der Waals surface area contributed by atoms with Crippen LogP contribution in [0.4, 0.5) is 4.39 Å². The summed E-state index contributed by atoms with van der Waals surface area (Å²) in [7, 11) is 0. The highest BCUT2D eigenvalue weighted by molar-refractivity contribution is 5.80. The van der Waals surface area contributed by atoms with Crippen molar-refractivity contribution in [2.75, 3.05) is 26.2 Å². The summed E-state index contributed by atoms with van der Waals surface area (Å²) in [6, 6.07) is 2.44. The smallest absolute Gasteiger partial charge is 0.224 e. The molecule has 24 heavy (non-hydrogen) atoms. The van der Waals surface area contributed by atoms with Gasteiger partial charge in [0.25, 0.3) is 0 Å². The lowest BCUT2D eigenvalue weighted by Crippen LogP contribution is -2.55. The van der Waals surface area contributed by atoms with Crippen molar-refractivity contribution in [2.24, 2.45) is 11.8 Å². The summed E-state index contributed by atoms with van der Waals surface area (Å²) >= 11 is 0. The average Bonchev–Trinajstić information content (AvgIpc) is 2.84. The minimum Gasteiger partial charge on any atom is -0.355 e. The van der Waals surface area contributed by atoms with E-state index in [-0.39, 0.29) is 30.2 Å². The molecule has 132 valence electrons. The maximum Gasteiger partial charge on any atom is 0.224 e. The van der Waals surface area contributed by atoms with Gasteiger partial charge in [0.05, 0.1) is 12.0 Å². The van der Waals surface area contributed by atoms with Gasteiger partial charge < -0.3 is 5.32 Å². The first kappa shape index (κ1) is 16.2. The minimum absolute atomic E-state index is 0.0123. The molecular weight excluding hydrogens is 309 g/mol. The lowest BCUT2D eigenvalue weighted by molar-refractivity contribution is -0.127. The Balaban J connectivity index is 1.55. The number of hydrogen-bond donors (Lipinski definition) is 2. The molecule has 6 nitrogen and oxygen atoms in total. The summed E-state index contributed by atoms with van der Waals surface area (Å²) in [5.74, 6) is 0.182. The molecule has 0 aromatic heterocycles. The van der Waals surface area contributed by atoms with E-state index in [4.69, 9.17) is 5.26 Å². The van der Waals surface area contributed by atoms with E-state index in [0.29, 0.717) is 31.7 Å². The number of piperidine rings is 1. The number of hydrogen-bond acceptors (Lipinski definition) is 5. The van der Waals surface area contributed by atoms with Gasteiger partial charge in [0.1, 0.15) is 12.5 Å². The number of amides is 1. The Bertz CT molecular complexity index is 538. The van der Waals surface area contributed by atoms with Gasteiger partial charge in [0.15, 0.2) is 0 Å². The minimum atomic E-state index is -0.902. The number of nitriles is 1. The predicted octanol–water partition coefficient (Wildman–Crippen LogP) is 0.416. The summed E-state index contributed by atoms with van der Waals surface area (Å²) in [5, 5.41) is 15.6. The highest BCUT2D eigenvalue weighted by Gasteiger charge is 2.53. The van der Waals surface area contributed by atoms with Gasteiger partial charge in [-0.05, 0) is 31.6 Å². The molecule has 0 aromatic rings. The number of halogens is 1. The van der Waals surface area contributed by atoms with Crippen LogP contribution in [0.25, 0.3) is 0 Å². The number of rotatable bonds is 2. The summed E-state index contributed by atoms with van der Waals surface area (Å²) < 4.78 is 14.2. The zero-order valence-electron chi connectivity index (χ0n) is 14.0. The lowest BCUT2D eigenvalue weighted by Gasteiger charge is -2.41. The molecule has 6 unspecified atom stereocenters. The third kappa shape index (κ3) is 2.81. The standard InChI is InChI=1S/C17H26FN5O/c18-12-8-13-15-14(9-12)21-17(23(15)7-5-20-16(13)24)22-6-1-2-11(10-22)3-4-19/h11-15,17,21H,1-3,5-10H2,(H,20,24). The maximum atomic E-state index is 14.2. The van der Waals surface area contributed by atoms with Gasteiger partial charge in [-0.15, -0.1) is 0 Å². The summed E-state index contributed by atoms with van der Waals surface area (Å²) in [6.07, 6.45) is 2.82. The van der Waals surface area contributed by atoms with E-state index in [1.807, 2.05) is 0 Å². The van der Waals surface area contributed by atoms with Crippen LogP contribution in [-0.2, 0) is 4.79 Å². The van der Waals surface area contributed by atoms with Crippen LogP contribution >= 0.6 is 0 Å². The van der Waals surface area contributed by atoms with Crippen LogP contribution in [0.1, 0.15) is 32.1 Å². The van der Waals surface area contributed by atoms with Gasteiger partial charge in [0.2, 0.25) is 5.91 Å². The molecule has 3 heterocycles. The molecule has 3 saturated heterocycles. The Labute approximate surface area is 142 Å². The molecule has 0 radical (unpaired) electrons. The second-order valence-corrected chi connectivity index (χ2v) is 7.71. The number of nitrogens with zero attached hydrogens (tertiary/aromatic N) is 3. The second kappa shape index (κ2) is 6.58. The number of nitrogens with one attached hydrogen (secondary N) is 2. The van der Waals surface area contributed by atoms with E-state index in [9.17, 15) is 9.18 Å². The maximum absolute atomic E-state index is 14.2. The van der Waals surface area contributed by atoms with Crippen LogP contribution in [0, 0.1) is 23.2 Å². The van der Waals surface area contributed by atoms with E-state index < -0.39 is 6.17 Å². The molecule has 0 spiro atoms. The fraction of sp³-hybridized carbons (Fsp3) is 0.882. The van der Waals surface area contributed by atoms with Crippen LogP contribution < -0.4 is 10.6 Å². The van der Waals surface area contributed by atoms with Crippen molar-refractivity contribution < 1.29 is 9.18 Å². The number of alkyl halides is 1. The van der Waals surface area contributed by atoms with E-state index in [1.165, 1.54) is 0 Å². The zero-order valence-corrected chi connectivity index (χ0v) is 14.0. The first-order valence-corrected chi connectivity index (χ1v) is 9.22. The molecule has 1 amide bonds. The van der Waals surface area contributed by atoms with Gasteiger partial charge in [-0.1, -0.05) is 0 Å². The third-order valence-electron chi connectivity index (χ3n) is 6.19. The normalized spacial score (nSPS) is 43.6. The fourth-order valence-corrected chi connectivity index (χ4v) is 5.19. The molecular formula is C17H26FN5O. The largest absolute Gasteiger partial charge is 0.355 e. The van der Waals surface area contributed by atoms with Gasteiger partial charge in [0, 0.05) is 44.7 Å². The van der Waals surface area contributed by atoms with Gasteiger partial charge in [-0.25, -0.2) is 4.39 Å². The Morgan fingerprint density at radius 3 is 3.04 bits per heavy atom. The summed E-state index contributed by atoms with van der Waals surface area (Å²) in [6.45, 7) is 3.34. The van der Waals surface area contributed by atoms with Crippen LogP contribution in [0.15, 0.2) is 0 Å². The fourth-order valence-electron chi connectivity index (χ4n) is 5.19. The van der Waals surface area contributed by atoms with Gasteiger partial charge in [-0.3, -0.25) is 19.9 Å². The summed E-state index contributed by atoms with van der Waals surface area (Å²) in [4.78, 5) is 17.1.